The second-order valence-electron chi connectivity index (χ2n) is 7.54. The van der Waals surface area contributed by atoms with E-state index in [1.807, 2.05) is 30.3 Å². The molecular formula is C26H22N2O5S. The van der Waals surface area contributed by atoms with Crippen LogP contribution in [0.5, 0.6) is 11.5 Å². The van der Waals surface area contributed by atoms with Gasteiger partial charge < -0.3 is 15.5 Å². The summed E-state index contributed by atoms with van der Waals surface area (Å²) in [6.45, 7) is 0.160. The van der Waals surface area contributed by atoms with E-state index in [9.17, 15) is 23.4 Å². The van der Waals surface area contributed by atoms with E-state index in [4.69, 9.17) is 0 Å². The topological polar surface area (TPSA) is 116 Å². The van der Waals surface area contributed by atoms with Gasteiger partial charge in [-0.3, -0.25) is 4.79 Å². The number of hydrogen-bond donors (Lipinski definition) is 4. The van der Waals surface area contributed by atoms with Crippen molar-refractivity contribution in [3.05, 3.63) is 102 Å². The lowest BCUT2D eigenvalue weighted by Gasteiger charge is -2.12. The van der Waals surface area contributed by atoms with Gasteiger partial charge >= 0.3 is 0 Å². The highest BCUT2D eigenvalue weighted by atomic mass is 32.2. The van der Waals surface area contributed by atoms with E-state index < -0.39 is 15.9 Å². The highest BCUT2D eigenvalue weighted by Crippen LogP contribution is 2.29. The molecule has 0 aliphatic rings. The van der Waals surface area contributed by atoms with Crippen molar-refractivity contribution in [3.63, 3.8) is 0 Å². The lowest BCUT2D eigenvalue weighted by Crippen LogP contribution is -2.23. The van der Waals surface area contributed by atoms with E-state index >= 15 is 0 Å². The van der Waals surface area contributed by atoms with Crippen molar-refractivity contribution in [3.8, 4) is 11.5 Å². The van der Waals surface area contributed by atoms with Gasteiger partial charge in [-0.2, -0.15) is 0 Å². The van der Waals surface area contributed by atoms with Gasteiger partial charge in [0.1, 0.15) is 0 Å². The van der Waals surface area contributed by atoms with Gasteiger partial charge in [0, 0.05) is 29.1 Å². The first kappa shape index (κ1) is 23.0. The van der Waals surface area contributed by atoms with Crippen LogP contribution >= 0.6 is 0 Å². The molecular weight excluding hydrogens is 452 g/mol. The minimum absolute atomic E-state index is 0.118. The first-order valence-corrected chi connectivity index (χ1v) is 11.9. The Hall–Kier alpha value is -4.14. The number of phenolic OH excluding ortho intramolecular Hbond substituents is 2. The quantitative estimate of drug-likeness (QED) is 0.234. The molecule has 0 bridgehead atoms. The molecule has 0 aliphatic heterocycles. The molecule has 0 aliphatic carbocycles. The van der Waals surface area contributed by atoms with Gasteiger partial charge in [-0.25, -0.2) is 13.1 Å². The number of amides is 1. The van der Waals surface area contributed by atoms with Crippen molar-refractivity contribution >= 4 is 38.5 Å². The van der Waals surface area contributed by atoms with Crippen LogP contribution in [0.25, 0.3) is 16.8 Å². The smallest absolute Gasteiger partial charge is 0.248 e. The highest BCUT2D eigenvalue weighted by Gasteiger charge is 2.18. The van der Waals surface area contributed by atoms with Gasteiger partial charge in [0.25, 0.3) is 0 Å². The van der Waals surface area contributed by atoms with Crippen LogP contribution < -0.4 is 10.0 Å². The van der Waals surface area contributed by atoms with Crippen LogP contribution in [0.4, 0.5) is 5.69 Å². The summed E-state index contributed by atoms with van der Waals surface area (Å²) in [4.78, 5) is 12.6. The molecule has 0 saturated carbocycles. The molecule has 4 aromatic carbocycles. The Morgan fingerprint density at radius 2 is 1.56 bits per heavy atom. The summed E-state index contributed by atoms with van der Waals surface area (Å²) in [6, 6.07) is 23.4. The Morgan fingerprint density at radius 1 is 0.824 bits per heavy atom. The zero-order valence-corrected chi connectivity index (χ0v) is 18.8. The zero-order valence-electron chi connectivity index (χ0n) is 18.0. The summed E-state index contributed by atoms with van der Waals surface area (Å²) in [5.74, 6) is -0.969. The van der Waals surface area contributed by atoms with E-state index in [1.54, 1.807) is 36.4 Å². The first-order chi connectivity index (χ1) is 16.3. The number of phenols is 2. The van der Waals surface area contributed by atoms with Crippen LogP contribution in [-0.2, 0) is 21.4 Å². The Labute approximate surface area is 197 Å². The number of nitrogens with one attached hydrogen (secondary N) is 2. The Bertz CT molecular complexity index is 1480. The van der Waals surface area contributed by atoms with Crippen LogP contribution in [0.1, 0.15) is 11.1 Å². The normalized spacial score (nSPS) is 11.6. The maximum Gasteiger partial charge on any atom is 0.248 e. The van der Waals surface area contributed by atoms with Crippen molar-refractivity contribution in [2.75, 3.05) is 5.32 Å². The summed E-state index contributed by atoms with van der Waals surface area (Å²) in [5, 5.41) is 22.8. The standard InChI is InChI=1S/C26H22N2O5S/c29-23-14-12-18(16-24(23)30)13-15-26(31)28-22-10-4-9-21-20(22)8-5-11-25(21)34(32,33)27-17-19-6-2-1-3-7-19/h1-16,27,29-30H,17H2,(H,28,31)/b15-13+. The molecule has 172 valence electrons. The summed E-state index contributed by atoms with van der Waals surface area (Å²) in [6.07, 6.45) is 2.77. The highest BCUT2D eigenvalue weighted by molar-refractivity contribution is 7.89. The number of carbonyl (C=O) groups is 1. The fraction of sp³-hybridized carbons (Fsp3) is 0.0385. The number of benzene rings is 4. The minimum Gasteiger partial charge on any atom is -0.504 e. The molecule has 8 heteroatoms. The monoisotopic (exact) mass is 474 g/mol. The van der Waals surface area contributed by atoms with Crippen LogP contribution in [0.3, 0.4) is 0 Å². The van der Waals surface area contributed by atoms with Crippen molar-refractivity contribution < 1.29 is 23.4 Å². The molecule has 0 radical (unpaired) electrons. The lowest BCUT2D eigenvalue weighted by molar-refractivity contribution is -0.111. The predicted octanol–water partition coefficient (Wildman–Crippen LogP) is 4.38. The lowest BCUT2D eigenvalue weighted by atomic mass is 10.1. The molecule has 0 fully saturated rings. The predicted molar refractivity (Wildman–Crippen MR) is 132 cm³/mol. The Kier molecular flexibility index (Phi) is 6.62. The third kappa shape index (κ3) is 5.25. The number of rotatable bonds is 7. The Morgan fingerprint density at radius 3 is 2.32 bits per heavy atom. The number of aromatic hydroxyl groups is 2. The van der Waals surface area contributed by atoms with Gasteiger partial charge in [0.15, 0.2) is 11.5 Å². The largest absolute Gasteiger partial charge is 0.504 e. The van der Waals surface area contributed by atoms with Crippen LogP contribution in [0.2, 0.25) is 0 Å². The van der Waals surface area contributed by atoms with Gasteiger partial charge in [-0.1, -0.05) is 60.7 Å². The molecule has 0 heterocycles. The molecule has 0 unspecified atom stereocenters. The molecule has 7 nitrogen and oxygen atoms in total. The van der Waals surface area contributed by atoms with Crippen LogP contribution in [0.15, 0.2) is 95.9 Å². The first-order valence-electron chi connectivity index (χ1n) is 10.4. The minimum atomic E-state index is -3.80. The van der Waals surface area contributed by atoms with Gasteiger partial charge in [0.2, 0.25) is 15.9 Å². The molecule has 0 atom stereocenters. The number of anilines is 1. The van der Waals surface area contributed by atoms with E-state index in [0.717, 1.165) is 5.56 Å². The summed E-state index contributed by atoms with van der Waals surface area (Å²) < 4.78 is 28.7. The second-order valence-corrected chi connectivity index (χ2v) is 9.27. The molecule has 4 rings (SSSR count). The SMILES string of the molecule is O=C(/C=C/c1ccc(O)c(O)c1)Nc1cccc2c(S(=O)(=O)NCc3ccccc3)cccc12. The fourth-order valence-corrected chi connectivity index (χ4v) is 4.70. The Balaban J connectivity index is 1.57. The fourth-order valence-electron chi connectivity index (χ4n) is 3.47. The van der Waals surface area contributed by atoms with E-state index in [0.29, 0.717) is 22.0 Å². The molecule has 34 heavy (non-hydrogen) atoms. The number of fused-ring (bicyclic) bond motifs is 1. The third-order valence-electron chi connectivity index (χ3n) is 5.17. The van der Waals surface area contributed by atoms with Gasteiger partial charge in [-0.05, 0) is 41.5 Å². The van der Waals surface area contributed by atoms with Crippen LogP contribution in [0, 0.1) is 0 Å². The van der Waals surface area contributed by atoms with Crippen LogP contribution in [-0.4, -0.2) is 24.5 Å². The molecule has 4 aromatic rings. The number of sulfonamides is 1. The number of hydrogen-bond acceptors (Lipinski definition) is 5. The van der Waals surface area contributed by atoms with E-state index in [-0.39, 0.29) is 22.9 Å². The second kappa shape index (κ2) is 9.78. The summed E-state index contributed by atoms with van der Waals surface area (Å²) in [7, 11) is -3.80. The summed E-state index contributed by atoms with van der Waals surface area (Å²) >= 11 is 0. The van der Waals surface area contributed by atoms with Crippen molar-refractivity contribution in [1.82, 2.24) is 4.72 Å². The third-order valence-corrected chi connectivity index (χ3v) is 6.62. The maximum atomic E-state index is 13.0. The molecule has 0 saturated heterocycles. The van der Waals surface area contributed by atoms with E-state index in [2.05, 4.69) is 10.0 Å². The van der Waals surface area contributed by atoms with Crippen molar-refractivity contribution in [2.45, 2.75) is 11.4 Å². The summed E-state index contributed by atoms with van der Waals surface area (Å²) in [5.41, 5.74) is 1.83. The average molecular weight is 475 g/mol. The molecule has 0 aromatic heterocycles. The van der Waals surface area contributed by atoms with Crippen molar-refractivity contribution in [1.29, 1.82) is 0 Å². The van der Waals surface area contributed by atoms with E-state index in [1.165, 1.54) is 30.4 Å². The van der Waals surface area contributed by atoms with Crippen molar-refractivity contribution in [2.24, 2.45) is 0 Å². The van der Waals surface area contributed by atoms with Gasteiger partial charge in [0.05, 0.1) is 4.90 Å². The number of carbonyl (C=O) groups excluding carboxylic acids is 1. The molecule has 4 N–H and O–H groups in total. The molecule has 0 spiro atoms. The molecule has 1 amide bonds. The zero-order chi connectivity index (χ0) is 24.1. The maximum absolute atomic E-state index is 13.0. The average Bonchev–Trinajstić information content (AvgIpc) is 2.84. The van der Waals surface area contributed by atoms with Gasteiger partial charge in [-0.15, -0.1) is 0 Å².